The number of aryl methyl sites for hydroxylation is 2. The predicted octanol–water partition coefficient (Wildman–Crippen LogP) is 3.63. The van der Waals surface area contributed by atoms with Gasteiger partial charge in [-0.05, 0) is 36.6 Å². The van der Waals surface area contributed by atoms with E-state index in [1.807, 2.05) is 50.2 Å². The molecule has 0 aliphatic rings. The van der Waals surface area contributed by atoms with Gasteiger partial charge in [0.05, 0.1) is 10.7 Å². The Labute approximate surface area is 147 Å². The summed E-state index contributed by atoms with van der Waals surface area (Å²) in [7, 11) is 0. The van der Waals surface area contributed by atoms with Crippen molar-refractivity contribution in [1.29, 1.82) is 0 Å². The summed E-state index contributed by atoms with van der Waals surface area (Å²) in [5.41, 5.74) is 3.47. The van der Waals surface area contributed by atoms with E-state index < -0.39 is 0 Å². The molecule has 0 unspecified atom stereocenters. The van der Waals surface area contributed by atoms with E-state index in [1.165, 1.54) is 11.8 Å². The normalized spacial score (nSPS) is 10.3. The number of nitrogens with one attached hydrogen (secondary N) is 1. The molecule has 0 radical (unpaired) electrons. The van der Waals surface area contributed by atoms with Gasteiger partial charge in [-0.25, -0.2) is 0 Å². The molecule has 0 spiro atoms. The number of hydrogen-bond acceptors (Lipinski definition) is 2. The van der Waals surface area contributed by atoms with Crippen LogP contribution in [-0.4, -0.2) is 18.4 Å². The number of halogens is 1. The van der Waals surface area contributed by atoms with Crippen molar-refractivity contribution < 1.29 is 9.59 Å². The molecule has 0 aliphatic heterocycles. The minimum Gasteiger partial charge on any atom is -0.350 e. The second-order valence-corrected chi connectivity index (χ2v) is 6.19. The first-order valence-electron chi connectivity index (χ1n) is 7.74. The highest BCUT2D eigenvalue weighted by Gasteiger charge is 2.20. The molecule has 4 nitrogen and oxygen atoms in total. The van der Waals surface area contributed by atoms with E-state index in [0.29, 0.717) is 17.3 Å². The molecule has 0 saturated heterocycles. The van der Waals surface area contributed by atoms with Gasteiger partial charge in [-0.15, -0.1) is 0 Å². The van der Waals surface area contributed by atoms with Crippen molar-refractivity contribution in [3.05, 3.63) is 64.2 Å². The van der Waals surface area contributed by atoms with E-state index in [2.05, 4.69) is 5.32 Å². The van der Waals surface area contributed by atoms with Crippen molar-refractivity contribution in [2.75, 3.05) is 11.4 Å². The molecular weight excluding hydrogens is 324 g/mol. The molecule has 5 heteroatoms. The van der Waals surface area contributed by atoms with Crippen molar-refractivity contribution in [3.63, 3.8) is 0 Å². The lowest BCUT2D eigenvalue weighted by Crippen LogP contribution is -2.40. The molecule has 126 valence electrons. The zero-order chi connectivity index (χ0) is 17.7. The third-order valence-electron chi connectivity index (χ3n) is 3.68. The van der Waals surface area contributed by atoms with E-state index in [1.54, 1.807) is 6.07 Å². The molecule has 0 aromatic heterocycles. The molecular formula is C19H21ClN2O2. The third-order valence-corrected chi connectivity index (χ3v) is 3.97. The van der Waals surface area contributed by atoms with Crippen LogP contribution in [0.3, 0.4) is 0 Å². The lowest BCUT2D eigenvalue weighted by molar-refractivity contribution is -0.123. The van der Waals surface area contributed by atoms with E-state index in [0.717, 1.165) is 16.7 Å². The predicted molar refractivity (Wildman–Crippen MR) is 97.2 cm³/mol. The molecule has 2 rings (SSSR count). The van der Waals surface area contributed by atoms with Crippen LogP contribution < -0.4 is 10.2 Å². The molecule has 0 bridgehead atoms. The molecule has 24 heavy (non-hydrogen) atoms. The Balaban J connectivity index is 2.12. The second kappa shape index (κ2) is 7.97. The van der Waals surface area contributed by atoms with Crippen molar-refractivity contribution >= 4 is 29.1 Å². The van der Waals surface area contributed by atoms with Crippen LogP contribution in [0.25, 0.3) is 0 Å². The average Bonchev–Trinajstić information content (AvgIpc) is 2.52. The summed E-state index contributed by atoms with van der Waals surface area (Å²) in [5, 5.41) is 3.30. The van der Waals surface area contributed by atoms with Gasteiger partial charge in [0.25, 0.3) is 0 Å². The van der Waals surface area contributed by atoms with Gasteiger partial charge < -0.3 is 10.2 Å². The maximum atomic E-state index is 12.2. The van der Waals surface area contributed by atoms with Gasteiger partial charge in [0, 0.05) is 13.5 Å². The standard InChI is InChI=1S/C19H21ClN2O2/c1-13-9-14(2)19(17(20)10-13)22(15(3)23)12-18(24)21-11-16-7-5-4-6-8-16/h4-10H,11-12H2,1-3H3,(H,21,24). The highest BCUT2D eigenvalue weighted by molar-refractivity contribution is 6.34. The monoisotopic (exact) mass is 344 g/mol. The fourth-order valence-corrected chi connectivity index (χ4v) is 3.02. The number of benzene rings is 2. The van der Waals surface area contributed by atoms with Crippen LogP contribution in [0, 0.1) is 13.8 Å². The van der Waals surface area contributed by atoms with Crippen LogP contribution in [0.15, 0.2) is 42.5 Å². The first-order valence-corrected chi connectivity index (χ1v) is 8.11. The Morgan fingerprint density at radius 1 is 1.12 bits per heavy atom. The van der Waals surface area contributed by atoms with E-state index >= 15 is 0 Å². The second-order valence-electron chi connectivity index (χ2n) is 5.78. The van der Waals surface area contributed by atoms with E-state index in [9.17, 15) is 9.59 Å². The van der Waals surface area contributed by atoms with Crippen molar-refractivity contribution in [2.24, 2.45) is 0 Å². The van der Waals surface area contributed by atoms with Crippen molar-refractivity contribution in [2.45, 2.75) is 27.3 Å². The molecule has 0 saturated carbocycles. The fourth-order valence-electron chi connectivity index (χ4n) is 2.59. The van der Waals surface area contributed by atoms with Crippen molar-refractivity contribution in [3.8, 4) is 0 Å². The first-order chi connectivity index (χ1) is 11.4. The summed E-state index contributed by atoms with van der Waals surface area (Å²) in [6.45, 7) is 5.61. The molecule has 2 aromatic carbocycles. The Kier molecular flexibility index (Phi) is 5.99. The molecule has 1 N–H and O–H groups in total. The average molecular weight is 345 g/mol. The van der Waals surface area contributed by atoms with Crippen LogP contribution in [0.5, 0.6) is 0 Å². The van der Waals surface area contributed by atoms with E-state index in [4.69, 9.17) is 11.6 Å². The minimum absolute atomic E-state index is 0.0637. The summed E-state index contributed by atoms with van der Waals surface area (Å²) in [4.78, 5) is 25.7. The summed E-state index contributed by atoms with van der Waals surface area (Å²) in [5.74, 6) is -0.455. The molecule has 0 atom stereocenters. The van der Waals surface area contributed by atoms with Crippen LogP contribution >= 0.6 is 11.6 Å². The fraction of sp³-hybridized carbons (Fsp3) is 0.263. The van der Waals surface area contributed by atoms with Gasteiger partial charge in [0.2, 0.25) is 11.8 Å². The Bertz CT molecular complexity index is 721. The van der Waals surface area contributed by atoms with Crippen LogP contribution in [-0.2, 0) is 16.1 Å². The number of rotatable bonds is 5. The maximum absolute atomic E-state index is 12.2. The Morgan fingerprint density at radius 2 is 1.79 bits per heavy atom. The summed E-state index contributed by atoms with van der Waals surface area (Å²) < 4.78 is 0. The van der Waals surface area contributed by atoms with Crippen LogP contribution in [0.1, 0.15) is 23.6 Å². The third kappa shape index (κ3) is 4.59. The number of hydrogen-bond donors (Lipinski definition) is 1. The molecule has 2 amide bonds. The van der Waals surface area contributed by atoms with Gasteiger partial charge in [-0.3, -0.25) is 9.59 Å². The minimum atomic E-state index is -0.231. The number of amides is 2. The van der Waals surface area contributed by atoms with Gasteiger partial charge in [-0.1, -0.05) is 48.0 Å². The van der Waals surface area contributed by atoms with Gasteiger partial charge in [0.15, 0.2) is 0 Å². The Morgan fingerprint density at radius 3 is 2.38 bits per heavy atom. The van der Waals surface area contributed by atoms with E-state index in [-0.39, 0.29) is 18.4 Å². The lowest BCUT2D eigenvalue weighted by Gasteiger charge is -2.24. The highest BCUT2D eigenvalue weighted by Crippen LogP contribution is 2.31. The van der Waals surface area contributed by atoms with Crippen LogP contribution in [0.2, 0.25) is 5.02 Å². The number of nitrogens with zero attached hydrogens (tertiary/aromatic N) is 1. The number of carbonyl (C=O) groups excluding carboxylic acids is 2. The quantitative estimate of drug-likeness (QED) is 0.900. The smallest absolute Gasteiger partial charge is 0.240 e. The number of anilines is 1. The Hall–Kier alpha value is -2.33. The van der Waals surface area contributed by atoms with Gasteiger partial charge >= 0.3 is 0 Å². The summed E-state index contributed by atoms with van der Waals surface area (Å²) >= 11 is 6.30. The highest BCUT2D eigenvalue weighted by atomic mass is 35.5. The summed E-state index contributed by atoms with van der Waals surface area (Å²) in [6, 6.07) is 13.4. The molecule has 2 aromatic rings. The molecule has 0 fully saturated rings. The zero-order valence-electron chi connectivity index (χ0n) is 14.1. The molecule has 0 heterocycles. The summed E-state index contributed by atoms with van der Waals surface area (Å²) in [6.07, 6.45) is 0. The van der Waals surface area contributed by atoms with Crippen molar-refractivity contribution in [1.82, 2.24) is 5.32 Å². The van der Waals surface area contributed by atoms with Crippen LogP contribution in [0.4, 0.5) is 5.69 Å². The lowest BCUT2D eigenvalue weighted by atomic mass is 10.1. The van der Waals surface area contributed by atoms with Gasteiger partial charge in [-0.2, -0.15) is 0 Å². The number of carbonyl (C=O) groups is 2. The first kappa shape index (κ1) is 18.0. The zero-order valence-corrected chi connectivity index (χ0v) is 14.9. The maximum Gasteiger partial charge on any atom is 0.240 e. The SMILES string of the molecule is CC(=O)N(CC(=O)NCc1ccccc1)c1c(C)cc(C)cc1Cl. The largest absolute Gasteiger partial charge is 0.350 e. The van der Waals surface area contributed by atoms with Gasteiger partial charge in [0.1, 0.15) is 6.54 Å². The molecule has 0 aliphatic carbocycles. The topological polar surface area (TPSA) is 49.4 Å².